The Bertz CT molecular complexity index is 1770. The molecule has 0 aromatic carbocycles. The van der Waals surface area contributed by atoms with Crippen LogP contribution in [0.4, 0.5) is 16.2 Å². The number of imidazole rings is 1. The van der Waals surface area contributed by atoms with Crippen molar-refractivity contribution in [3.8, 4) is 0 Å². The molecule has 0 aliphatic carbocycles. The first kappa shape index (κ1) is 28.8. The topological polar surface area (TPSA) is 290 Å². The van der Waals surface area contributed by atoms with Gasteiger partial charge < -0.3 is 45.7 Å². The Morgan fingerprint density at radius 3 is 2.67 bits per heavy atom. The lowest BCUT2D eigenvalue weighted by atomic mass is 10.1. The average Bonchev–Trinajstić information content (AvgIpc) is 3.70. The summed E-state index contributed by atoms with van der Waals surface area (Å²) in [6.45, 7) is -6.98. The molecule has 6 rings (SSSR count). The van der Waals surface area contributed by atoms with Gasteiger partial charge in [-0.05, 0) is 11.8 Å². The van der Waals surface area contributed by atoms with Crippen LogP contribution in [0, 0.1) is 0 Å². The molecular formula is C19H23FN11O9PS. The third-order valence-electron chi connectivity index (χ3n) is 6.93. The predicted octanol–water partition coefficient (Wildman–Crippen LogP) is -3.44. The summed E-state index contributed by atoms with van der Waals surface area (Å²) < 4.78 is 39.8. The van der Waals surface area contributed by atoms with Crippen LogP contribution in [0.3, 0.4) is 0 Å². The summed E-state index contributed by atoms with van der Waals surface area (Å²) >= 11 is 5.17. The molecule has 9 N–H and O–H groups in total. The number of nitrogen functional groups attached to an aromatic ring is 2. The first-order valence-corrected chi connectivity index (χ1v) is 14.6. The molecule has 2 aliphatic rings. The zero-order valence-corrected chi connectivity index (χ0v) is 22.8. The summed E-state index contributed by atoms with van der Waals surface area (Å²) in [5.74, 6) is -3.00. The predicted molar refractivity (Wildman–Crippen MR) is 139 cm³/mol. The van der Waals surface area contributed by atoms with E-state index in [-0.39, 0.29) is 34.1 Å². The number of halogens is 1. The first-order valence-electron chi connectivity index (χ1n) is 12.0. The lowest BCUT2D eigenvalue weighted by molar-refractivity contribution is -0.101. The van der Waals surface area contributed by atoms with Crippen LogP contribution in [-0.2, 0) is 41.8 Å². The average molecular weight is 632 g/mol. The molecule has 0 saturated carbocycles. The number of anilines is 2. The molecule has 0 amide bonds. The Hall–Kier alpha value is -3.31. The highest BCUT2D eigenvalue weighted by Gasteiger charge is 2.57. The molecule has 42 heavy (non-hydrogen) atoms. The van der Waals surface area contributed by atoms with Gasteiger partial charge in [-0.3, -0.25) is 18.9 Å². The van der Waals surface area contributed by atoms with Crippen molar-refractivity contribution in [1.29, 1.82) is 0 Å². The van der Waals surface area contributed by atoms with Crippen LogP contribution in [0.1, 0.15) is 0 Å². The molecule has 0 radical (unpaired) electrons. The number of aromatic nitrogens is 9. The highest BCUT2D eigenvalue weighted by molar-refractivity contribution is 8.07. The third-order valence-corrected chi connectivity index (χ3v) is 8.49. The molecule has 23 heteroatoms. The molecule has 226 valence electrons. The molecule has 7 atom stereocenters. The van der Waals surface area contributed by atoms with Crippen LogP contribution in [0.25, 0.3) is 22.3 Å². The van der Waals surface area contributed by atoms with Crippen molar-refractivity contribution >= 4 is 52.6 Å². The second-order valence-corrected chi connectivity index (χ2v) is 12.2. The maximum Gasteiger partial charge on any atom is 0.326 e. The normalized spacial score (nSPS) is 31.3. The van der Waals surface area contributed by atoms with Gasteiger partial charge in [0.05, 0.1) is 26.1 Å². The van der Waals surface area contributed by atoms with Gasteiger partial charge >= 0.3 is 6.72 Å². The van der Waals surface area contributed by atoms with Gasteiger partial charge in [0.15, 0.2) is 28.1 Å². The summed E-state index contributed by atoms with van der Waals surface area (Å²) in [4.78, 5) is 41.3. The number of aliphatic hydroxyl groups is 3. The van der Waals surface area contributed by atoms with Crippen LogP contribution in [0.2, 0.25) is 0 Å². The molecule has 2 aliphatic heterocycles. The van der Waals surface area contributed by atoms with Crippen LogP contribution in [-0.4, -0.2) is 116 Å². The van der Waals surface area contributed by atoms with Gasteiger partial charge in [-0.1, -0.05) is 5.21 Å². The van der Waals surface area contributed by atoms with E-state index < -0.39 is 74.6 Å². The molecule has 20 nitrogen and oxygen atoms in total. The number of fused-ring (bicyclic) bond motifs is 2. The molecule has 2 saturated heterocycles. The zero-order chi connectivity index (χ0) is 30.0. The second kappa shape index (κ2) is 10.2. The zero-order valence-electron chi connectivity index (χ0n) is 21.1. The summed E-state index contributed by atoms with van der Waals surface area (Å²) in [6.07, 6.45) is -4.07. The van der Waals surface area contributed by atoms with Crippen molar-refractivity contribution in [1.82, 2.24) is 44.5 Å². The quantitative estimate of drug-likeness (QED) is 0.0930. The fourth-order valence-electron chi connectivity index (χ4n) is 4.81. The van der Waals surface area contributed by atoms with Crippen molar-refractivity contribution < 1.29 is 43.1 Å². The molecule has 0 spiro atoms. The van der Waals surface area contributed by atoms with E-state index in [0.29, 0.717) is 4.68 Å². The number of ether oxygens (including phenoxy) is 2. The largest absolute Gasteiger partial charge is 0.394 e. The molecule has 6 heterocycles. The van der Waals surface area contributed by atoms with E-state index in [0.717, 1.165) is 17.2 Å². The minimum atomic E-state index is -4.42. The number of H-pyrrole nitrogens is 1. The van der Waals surface area contributed by atoms with Gasteiger partial charge in [-0.2, -0.15) is 9.67 Å². The maximum atomic E-state index is 16.0. The molecule has 0 bridgehead atoms. The number of hydrogen-bond donors (Lipinski definition) is 7. The van der Waals surface area contributed by atoms with Gasteiger partial charge in [0, 0.05) is 0 Å². The molecule has 1 unspecified atom stereocenters. The Labute approximate surface area is 237 Å². The Morgan fingerprint density at radius 1 is 1.17 bits per heavy atom. The molecule has 2 fully saturated rings. The van der Waals surface area contributed by atoms with Crippen LogP contribution < -0.4 is 17.0 Å². The van der Waals surface area contributed by atoms with E-state index in [1.165, 1.54) is 0 Å². The molecule has 4 aromatic rings. The van der Waals surface area contributed by atoms with Crippen molar-refractivity contribution in [3.63, 3.8) is 0 Å². The second-order valence-electron chi connectivity index (χ2n) is 9.46. The van der Waals surface area contributed by atoms with Crippen LogP contribution in [0.5, 0.6) is 0 Å². The van der Waals surface area contributed by atoms with Crippen molar-refractivity contribution in [2.75, 3.05) is 37.9 Å². The third kappa shape index (κ3) is 4.43. The van der Waals surface area contributed by atoms with Gasteiger partial charge in [-0.25, -0.2) is 19.3 Å². The minimum absolute atomic E-state index is 0.00904. The van der Waals surface area contributed by atoms with E-state index in [1.807, 2.05) is 0 Å². The number of hydrogen-bond acceptors (Lipinski definition) is 17. The number of alkyl halides is 1. The fraction of sp³-hybridized carbons (Fsp3) is 0.526. The lowest BCUT2D eigenvalue weighted by Crippen LogP contribution is -2.49. The summed E-state index contributed by atoms with van der Waals surface area (Å²) in [7, 11) is 0. The van der Waals surface area contributed by atoms with E-state index in [1.54, 1.807) is 0 Å². The molecular weight excluding hydrogens is 608 g/mol. The summed E-state index contributed by atoms with van der Waals surface area (Å²) in [5, 5.41) is 39.0. The first-order chi connectivity index (χ1) is 19.9. The van der Waals surface area contributed by atoms with E-state index >= 15 is 4.39 Å². The Balaban J connectivity index is 1.25. The van der Waals surface area contributed by atoms with Crippen molar-refractivity contribution in [2.45, 2.75) is 35.9 Å². The van der Waals surface area contributed by atoms with E-state index in [2.05, 4.69) is 35.2 Å². The fourth-order valence-corrected chi connectivity index (χ4v) is 6.41. The smallest absolute Gasteiger partial charge is 0.326 e. The number of aromatic amines is 1. The standard InChI is InChI=1S/C19H23FN11O9PS/c20-18(31-14-9(28-29-31)13(21)23-5-24-14)3-37-8(11(18)33)2-39-41(36,42)40-19(4-38-7(1-32)12(19)34)30-6-25-10-15(30)26-17(22)27-16(10)35/h5-8,11-12,32-34H,1-4H2,(H,36,42)(H2,21,23,24)(H3,22,26,27,35)/t7-,8-,11-,12-,18-,19-,41?/m1/s1. The van der Waals surface area contributed by atoms with Gasteiger partial charge in [0.2, 0.25) is 11.7 Å². The highest BCUT2D eigenvalue weighted by Crippen LogP contribution is 2.53. The monoisotopic (exact) mass is 631 g/mol. The van der Waals surface area contributed by atoms with Gasteiger partial charge in [0.25, 0.3) is 11.4 Å². The number of aliphatic hydroxyl groups excluding tert-OH is 3. The Kier molecular flexibility index (Phi) is 6.96. The number of rotatable bonds is 8. The highest BCUT2D eigenvalue weighted by atomic mass is 32.5. The Morgan fingerprint density at radius 2 is 1.93 bits per heavy atom. The van der Waals surface area contributed by atoms with E-state index in [4.69, 9.17) is 41.8 Å². The number of nitrogens with one attached hydrogen (secondary N) is 1. The number of nitrogens with two attached hydrogens (primary N) is 2. The maximum absolute atomic E-state index is 16.0. The van der Waals surface area contributed by atoms with Crippen LogP contribution in [0.15, 0.2) is 17.4 Å². The summed E-state index contributed by atoms with van der Waals surface area (Å²) in [6, 6.07) is 0. The van der Waals surface area contributed by atoms with E-state index in [9.17, 15) is 25.0 Å². The minimum Gasteiger partial charge on any atom is -0.394 e. The van der Waals surface area contributed by atoms with Gasteiger partial charge in [0.1, 0.15) is 37.4 Å². The number of nitrogens with zero attached hydrogens (tertiary/aromatic N) is 8. The van der Waals surface area contributed by atoms with Crippen LogP contribution >= 0.6 is 6.72 Å². The summed E-state index contributed by atoms with van der Waals surface area (Å²) in [5.41, 5.74) is 8.16. The lowest BCUT2D eigenvalue weighted by Gasteiger charge is -2.35. The SMILES string of the molecule is Nc1nc2c(ncn2[C@@]2(OP(O)(=S)OC[C@H]3OC[C@@](F)(n4nnc5c(N)ncnc54)[C@@H]3O)CO[C@H](CO)[C@H]2O)c(=O)[nH]1. The van der Waals surface area contributed by atoms with Crippen molar-refractivity contribution in [3.05, 3.63) is 23.0 Å². The van der Waals surface area contributed by atoms with Gasteiger partial charge in [-0.15, -0.1) is 5.10 Å². The van der Waals surface area contributed by atoms with Crippen molar-refractivity contribution in [2.24, 2.45) is 0 Å². The molecule has 4 aromatic heterocycles.